The number of benzene rings is 1. The first kappa shape index (κ1) is 11.2. The van der Waals surface area contributed by atoms with Gasteiger partial charge in [-0.25, -0.2) is 8.78 Å². The molecule has 4 heteroatoms. The van der Waals surface area contributed by atoms with E-state index in [2.05, 4.69) is 0 Å². The average Bonchev–Trinajstić information content (AvgIpc) is 2.70. The number of halogens is 2. The van der Waals surface area contributed by atoms with Gasteiger partial charge in [-0.3, -0.25) is 4.79 Å². The van der Waals surface area contributed by atoms with Crippen LogP contribution in [0.2, 0.25) is 0 Å². The van der Waals surface area contributed by atoms with E-state index in [1.165, 1.54) is 12.1 Å². The molecule has 1 aliphatic rings. The highest BCUT2D eigenvalue weighted by Gasteiger charge is 2.38. The highest BCUT2D eigenvalue weighted by Crippen LogP contribution is 2.31. The Hall–Kier alpha value is -1.29. The summed E-state index contributed by atoms with van der Waals surface area (Å²) in [6, 6.07) is 3.60. The maximum absolute atomic E-state index is 13.4. The van der Waals surface area contributed by atoms with Gasteiger partial charge in [-0.2, -0.15) is 0 Å². The molecule has 2 rings (SSSR count). The van der Waals surface area contributed by atoms with Crippen molar-refractivity contribution in [1.82, 2.24) is 0 Å². The maximum Gasteiger partial charge on any atom is 0.185 e. The lowest BCUT2D eigenvalue weighted by Gasteiger charge is -2.21. The van der Waals surface area contributed by atoms with Crippen molar-refractivity contribution in [2.45, 2.75) is 31.2 Å². The van der Waals surface area contributed by atoms with Gasteiger partial charge in [0.05, 0.1) is 11.1 Å². The molecule has 0 heterocycles. The van der Waals surface area contributed by atoms with E-state index in [4.69, 9.17) is 5.73 Å². The normalized spacial score (nSPS) is 18.7. The SMILES string of the molecule is NC1(C(=O)c2cccc(F)c2F)CCCC1. The molecule has 1 aliphatic carbocycles. The molecule has 1 aromatic carbocycles. The summed E-state index contributed by atoms with van der Waals surface area (Å²) in [5.41, 5.74) is 4.68. The van der Waals surface area contributed by atoms with Crippen LogP contribution in [-0.4, -0.2) is 11.3 Å². The van der Waals surface area contributed by atoms with E-state index in [0.717, 1.165) is 18.9 Å². The van der Waals surface area contributed by atoms with Crippen molar-refractivity contribution in [1.29, 1.82) is 0 Å². The van der Waals surface area contributed by atoms with Crippen molar-refractivity contribution in [2.75, 3.05) is 0 Å². The van der Waals surface area contributed by atoms with E-state index in [-0.39, 0.29) is 5.56 Å². The number of ketones is 1. The minimum atomic E-state index is -1.09. The van der Waals surface area contributed by atoms with Crippen LogP contribution in [-0.2, 0) is 0 Å². The van der Waals surface area contributed by atoms with E-state index in [0.29, 0.717) is 12.8 Å². The van der Waals surface area contributed by atoms with Crippen LogP contribution in [0.5, 0.6) is 0 Å². The third kappa shape index (κ3) is 1.73. The number of rotatable bonds is 2. The quantitative estimate of drug-likeness (QED) is 0.785. The molecule has 2 nitrogen and oxygen atoms in total. The van der Waals surface area contributed by atoms with E-state index >= 15 is 0 Å². The molecule has 0 aliphatic heterocycles. The van der Waals surface area contributed by atoms with Crippen LogP contribution in [0.1, 0.15) is 36.0 Å². The number of hydrogen-bond donors (Lipinski definition) is 1. The zero-order valence-corrected chi connectivity index (χ0v) is 8.80. The second-order valence-corrected chi connectivity index (χ2v) is 4.29. The third-order valence-corrected chi connectivity index (χ3v) is 3.14. The third-order valence-electron chi connectivity index (χ3n) is 3.14. The van der Waals surface area contributed by atoms with Gasteiger partial charge in [0.1, 0.15) is 0 Å². The summed E-state index contributed by atoms with van der Waals surface area (Å²) in [4.78, 5) is 12.0. The smallest absolute Gasteiger partial charge is 0.185 e. The minimum Gasteiger partial charge on any atom is -0.319 e. The number of hydrogen-bond acceptors (Lipinski definition) is 2. The number of carbonyl (C=O) groups excluding carboxylic acids is 1. The average molecular weight is 225 g/mol. The van der Waals surface area contributed by atoms with Crippen LogP contribution in [0, 0.1) is 11.6 Å². The molecule has 0 radical (unpaired) electrons. The van der Waals surface area contributed by atoms with E-state index in [1.807, 2.05) is 0 Å². The van der Waals surface area contributed by atoms with Crippen molar-refractivity contribution in [3.63, 3.8) is 0 Å². The molecule has 1 fully saturated rings. The summed E-state index contributed by atoms with van der Waals surface area (Å²) >= 11 is 0. The van der Waals surface area contributed by atoms with E-state index in [1.54, 1.807) is 0 Å². The van der Waals surface area contributed by atoms with Crippen LogP contribution in [0.4, 0.5) is 8.78 Å². The second kappa shape index (κ2) is 3.94. The molecule has 0 atom stereocenters. The van der Waals surface area contributed by atoms with Crippen LogP contribution >= 0.6 is 0 Å². The Morgan fingerprint density at radius 1 is 1.25 bits per heavy atom. The minimum absolute atomic E-state index is 0.232. The Kier molecular flexibility index (Phi) is 2.76. The summed E-state index contributed by atoms with van der Waals surface area (Å²) in [6.45, 7) is 0. The zero-order valence-electron chi connectivity index (χ0n) is 8.80. The summed E-state index contributed by atoms with van der Waals surface area (Å²) in [5.74, 6) is -2.58. The lowest BCUT2D eigenvalue weighted by atomic mass is 9.88. The molecule has 16 heavy (non-hydrogen) atoms. The molecule has 2 N–H and O–H groups in total. The Labute approximate surface area is 92.4 Å². The Bertz CT molecular complexity index is 425. The molecule has 0 aromatic heterocycles. The second-order valence-electron chi connectivity index (χ2n) is 4.29. The summed E-state index contributed by atoms with van der Waals surface area (Å²) in [7, 11) is 0. The van der Waals surface area contributed by atoms with Crippen LogP contribution in [0.3, 0.4) is 0 Å². The van der Waals surface area contributed by atoms with Crippen molar-refractivity contribution in [3.05, 3.63) is 35.4 Å². The summed E-state index contributed by atoms with van der Waals surface area (Å²) in [5, 5.41) is 0. The first-order valence-electron chi connectivity index (χ1n) is 5.32. The standard InChI is InChI=1S/C12H13F2NO/c13-9-5-3-4-8(10(9)14)11(16)12(15)6-1-2-7-12/h3-5H,1-2,6-7,15H2. The predicted molar refractivity (Wildman–Crippen MR) is 56.1 cm³/mol. The Balaban J connectivity index is 2.37. The van der Waals surface area contributed by atoms with Gasteiger partial charge in [-0.1, -0.05) is 18.9 Å². The fourth-order valence-corrected chi connectivity index (χ4v) is 2.18. The van der Waals surface area contributed by atoms with Crippen molar-refractivity contribution >= 4 is 5.78 Å². The summed E-state index contributed by atoms with van der Waals surface area (Å²) < 4.78 is 26.4. The molecule has 0 saturated heterocycles. The molecule has 0 amide bonds. The van der Waals surface area contributed by atoms with Gasteiger partial charge in [0.15, 0.2) is 17.4 Å². The van der Waals surface area contributed by atoms with E-state index < -0.39 is 23.0 Å². The van der Waals surface area contributed by atoms with Gasteiger partial charge in [0, 0.05) is 0 Å². The van der Waals surface area contributed by atoms with Crippen molar-refractivity contribution in [3.8, 4) is 0 Å². The number of carbonyl (C=O) groups is 1. The molecular weight excluding hydrogens is 212 g/mol. The Morgan fingerprint density at radius 2 is 1.88 bits per heavy atom. The largest absolute Gasteiger partial charge is 0.319 e. The molecule has 86 valence electrons. The van der Waals surface area contributed by atoms with Crippen molar-refractivity contribution < 1.29 is 13.6 Å². The fraction of sp³-hybridized carbons (Fsp3) is 0.417. The van der Waals surface area contributed by atoms with Gasteiger partial charge in [0.2, 0.25) is 0 Å². The lowest BCUT2D eigenvalue weighted by Crippen LogP contribution is -2.45. The Morgan fingerprint density at radius 3 is 2.50 bits per heavy atom. The molecule has 1 aromatic rings. The number of nitrogens with two attached hydrogens (primary N) is 1. The van der Waals surface area contributed by atoms with Gasteiger partial charge < -0.3 is 5.73 Å². The van der Waals surface area contributed by atoms with Crippen LogP contribution in [0.15, 0.2) is 18.2 Å². The predicted octanol–water partition coefficient (Wildman–Crippen LogP) is 2.42. The molecule has 0 spiro atoms. The maximum atomic E-state index is 13.4. The highest BCUT2D eigenvalue weighted by atomic mass is 19.2. The topological polar surface area (TPSA) is 43.1 Å². The molecular formula is C12H13F2NO. The number of Topliss-reactive ketones (excluding diaryl/α,β-unsaturated/α-hetero) is 1. The first-order chi connectivity index (χ1) is 7.54. The van der Waals surface area contributed by atoms with Crippen LogP contribution in [0.25, 0.3) is 0 Å². The fourth-order valence-electron chi connectivity index (χ4n) is 2.18. The van der Waals surface area contributed by atoms with Crippen LogP contribution < -0.4 is 5.73 Å². The summed E-state index contributed by atoms with van der Waals surface area (Å²) in [6.07, 6.45) is 2.81. The first-order valence-corrected chi connectivity index (χ1v) is 5.32. The monoisotopic (exact) mass is 225 g/mol. The molecule has 0 bridgehead atoms. The highest BCUT2D eigenvalue weighted by molar-refractivity contribution is 6.03. The van der Waals surface area contributed by atoms with Gasteiger partial charge >= 0.3 is 0 Å². The molecule has 1 saturated carbocycles. The molecule has 0 unspecified atom stereocenters. The van der Waals surface area contributed by atoms with Crippen molar-refractivity contribution in [2.24, 2.45) is 5.73 Å². The van der Waals surface area contributed by atoms with Gasteiger partial charge in [-0.05, 0) is 25.0 Å². The van der Waals surface area contributed by atoms with E-state index in [9.17, 15) is 13.6 Å². The lowest BCUT2D eigenvalue weighted by molar-refractivity contribution is 0.0886. The zero-order chi connectivity index (χ0) is 11.8. The van der Waals surface area contributed by atoms with Gasteiger partial charge in [-0.15, -0.1) is 0 Å². The van der Waals surface area contributed by atoms with Gasteiger partial charge in [0.25, 0.3) is 0 Å².